The standard InChI is InChI=1S/C20H38N2O4SSi/c1-12(17(24)22(18(27)25-9)19(3,4)5)15-14(16(23)21-15)13(2)26-28(10,11)20(6,7)8/h12-15H,1-11H3,(H,21,23)/t12-,13-,14-,15-/m1/s1. The van der Waals surface area contributed by atoms with E-state index in [1.54, 1.807) is 0 Å². The molecule has 0 aromatic heterocycles. The van der Waals surface area contributed by atoms with Crippen molar-refractivity contribution in [1.82, 2.24) is 10.2 Å². The molecule has 1 aliphatic heterocycles. The highest BCUT2D eigenvalue weighted by atomic mass is 32.1. The lowest BCUT2D eigenvalue weighted by atomic mass is 9.78. The van der Waals surface area contributed by atoms with Crippen LogP contribution in [-0.2, 0) is 18.8 Å². The molecule has 0 unspecified atom stereocenters. The summed E-state index contributed by atoms with van der Waals surface area (Å²) in [5.41, 5.74) is -0.523. The molecule has 28 heavy (non-hydrogen) atoms. The summed E-state index contributed by atoms with van der Waals surface area (Å²) < 4.78 is 11.6. The number of methoxy groups -OCH3 is 1. The van der Waals surface area contributed by atoms with Gasteiger partial charge in [0.15, 0.2) is 8.32 Å². The molecular weight excluding hydrogens is 392 g/mol. The molecule has 0 spiro atoms. The second kappa shape index (κ2) is 8.40. The third kappa shape index (κ3) is 5.13. The molecule has 2 amide bonds. The van der Waals surface area contributed by atoms with Gasteiger partial charge in [-0.05, 0) is 58.0 Å². The number of carbonyl (C=O) groups excluding carboxylic acids is 2. The number of hydrogen-bond acceptors (Lipinski definition) is 5. The second-order valence-electron chi connectivity index (χ2n) is 10.2. The van der Waals surface area contributed by atoms with Crippen molar-refractivity contribution < 1.29 is 18.8 Å². The molecule has 1 N–H and O–H groups in total. The smallest absolute Gasteiger partial charge is 0.266 e. The Bertz CT molecular complexity index is 625. The zero-order valence-corrected chi connectivity index (χ0v) is 21.1. The first-order valence-electron chi connectivity index (χ1n) is 9.86. The summed E-state index contributed by atoms with van der Waals surface area (Å²) in [5.74, 6) is -1.02. The van der Waals surface area contributed by atoms with Crippen molar-refractivity contribution in [3.63, 3.8) is 0 Å². The molecular formula is C20H38N2O4SSi. The number of nitrogens with zero attached hydrogens (tertiary/aromatic N) is 1. The quantitative estimate of drug-likeness (QED) is 0.409. The minimum atomic E-state index is -2.03. The normalized spacial score (nSPS) is 22.6. The minimum Gasteiger partial charge on any atom is -0.474 e. The van der Waals surface area contributed by atoms with E-state index in [0.717, 1.165) is 0 Å². The first-order chi connectivity index (χ1) is 12.5. The predicted octanol–water partition coefficient (Wildman–Crippen LogP) is 3.71. The molecule has 6 nitrogen and oxygen atoms in total. The first-order valence-corrected chi connectivity index (χ1v) is 13.2. The molecule has 0 aromatic rings. The molecule has 162 valence electrons. The summed E-state index contributed by atoms with van der Waals surface area (Å²) in [4.78, 5) is 27.1. The van der Waals surface area contributed by atoms with Crippen LogP contribution in [0.2, 0.25) is 18.1 Å². The van der Waals surface area contributed by atoms with E-state index in [1.807, 2.05) is 34.6 Å². The third-order valence-electron chi connectivity index (χ3n) is 5.97. The maximum Gasteiger partial charge on any atom is 0.266 e. The molecule has 4 atom stereocenters. The number of rotatable bonds is 5. The van der Waals surface area contributed by atoms with Crippen molar-refractivity contribution in [2.45, 2.75) is 91.2 Å². The van der Waals surface area contributed by atoms with Gasteiger partial charge in [0.05, 0.1) is 31.1 Å². The molecule has 1 fully saturated rings. The summed E-state index contributed by atoms with van der Waals surface area (Å²) in [6.45, 7) is 20.3. The Morgan fingerprint density at radius 2 is 1.68 bits per heavy atom. The predicted molar refractivity (Wildman–Crippen MR) is 119 cm³/mol. The van der Waals surface area contributed by atoms with Crippen LogP contribution in [0.25, 0.3) is 0 Å². The van der Waals surface area contributed by atoms with E-state index in [1.165, 1.54) is 12.0 Å². The lowest BCUT2D eigenvalue weighted by molar-refractivity contribution is -0.148. The van der Waals surface area contributed by atoms with Gasteiger partial charge >= 0.3 is 0 Å². The Labute approximate surface area is 176 Å². The second-order valence-corrected chi connectivity index (χ2v) is 15.4. The fraction of sp³-hybridized carbons (Fsp3) is 0.850. The van der Waals surface area contributed by atoms with E-state index in [2.05, 4.69) is 39.2 Å². The van der Waals surface area contributed by atoms with Gasteiger partial charge in [0.25, 0.3) is 5.17 Å². The van der Waals surface area contributed by atoms with Gasteiger partial charge in [-0.1, -0.05) is 27.7 Å². The van der Waals surface area contributed by atoms with E-state index >= 15 is 0 Å². The van der Waals surface area contributed by atoms with Crippen LogP contribution in [-0.4, -0.2) is 55.0 Å². The molecule has 0 bridgehead atoms. The van der Waals surface area contributed by atoms with Gasteiger partial charge in [0.2, 0.25) is 11.8 Å². The molecule has 8 heteroatoms. The SMILES string of the molecule is COC(=S)N(C(=O)[C@H](C)[C@H]1NC(=O)[C@@H]1[C@@H](C)O[Si](C)(C)C(C)(C)C)C(C)(C)C. The summed E-state index contributed by atoms with van der Waals surface area (Å²) in [6, 6.07) is -0.288. The van der Waals surface area contributed by atoms with Crippen LogP contribution in [0.4, 0.5) is 0 Å². The Morgan fingerprint density at radius 3 is 2.04 bits per heavy atom. The first kappa shape index (κ1) is 25.0. The summed E-state index contributed by atoms with van der Waals surface area (Å²) in [7, 11) is -0.565. The van der Waals surface area contributed by atoms with Gasteiger partial charge in [0, 0.05) is 5.54 Å². The minimum absolute atomic E-state index is 0.0477. The zero-order chi connectivity index (χ0) is 22.2. The highest BCUT2D eigenvalue weighted by Gasteiger charge is 2.51. The number of nitrogens with one attached hydrogen (secondary N) is 1. The van der Waals surface area contributed by atoms with Gasteiger partial charge in [0.1, 0.15) is 0 Å². The van der Waals surface area contributed by atoms with Crippen molar-refractivity contribution in [3.8, 4) is 0 Å². The number of amides is 2. The van der Waals surface area contributed by atoms with Gasteiger partial charge in [-0.15, -0.1) is 0 Å². The zero-order valence-electron chi connectivity index (χ0n) is 19.3. The highest BCUT2D eigenvalue weighted by Crippen LogP contribution is 2.39. The van der Waals surface area contributed by atoms with Gasteiger partial charge in [-0.3, -0.25) is 14.5 Å². The van der Waals surface area contributed by atoms with Gasteiger partial charge < -0.3 is 14.5 Å². The van der Waals surface area contributed by atoms with Crippen molar-refractivity contribution in [2.75, 3.05) is 7.11 Å². The fourth-order valence-electron chi connectivity index (χ4n) is 3.22. The molecule has 1 heterocycles. The summed E-state index contributed by atoms with van der Waals surface area (Å²) >= 11 is 5.25. The van der Waals surface area contributed by atoms with Crippen LogP contribution < -0.4 is 5.32 Å². The number of hydrogen-bond donors (Lipinski definition) is 1. The van der Waals surface area contributed by atoms with Crippen LogP contribution in [0.15, 0.2) is 0 Å². The van der Waals surface area contributed by atoms with E-state index < -0.39 is 19.8 Å². The van der Waals surface area contributed by atoms with Crippen LogP contribution in [0.1, 0.15) is 55.4 Å². The molecule has 1 rings (SSSR count). The average Bonchev–Trinajstić information content (AvgIpc) is 2.48. The van der Waals surface area contributed by atoms with E-state index in [9.17, 15) is 9.59 Å². The maximum atomic E-state index is 13.2. The lowest BCUT2D eigenvalue weighted by Gasteiger charge is -2.48. The average molecular weight is 431 g/mol. The molecule has 0 saturated carbocycles. The van der Waals surface area contributed by atoms with Gasteiger partial charge in [-0.2, -0.15) is 0 Å². The lowest BCUT2D eigenvalue weighted by Crippen LogP contribution is -2.68. The van der Waals surface area contributed by atoms with Crippen molar-refractivity contribution >= 4 is 37.5 Å². The number of thiocarbonyl (C=S) groups is 1. The number of ether oxygens (including phenoxy) is 1. The number of β-lactam (4-membered cyclic amide) rings is 1. The molecule has 1 aliphatic rings. The van der Waals surface area contributed by atoms with Crippen molar-refractivity contribution in [3.05, 3.63) is 0 Å². The molecule has 0 aromatic carbocycles. The maximum absolute atomic E-state index is 13.2. The summed E-state index contributed by atoms with van der Waals surface area (Å²) in [5, 5.41) is 3.09. The largest absolute Gasteiger partial charge is 0.474 e. The van der Waals surface area contributed by atoms with E-state index in [-0.39, 0.29) is 40.1 Å². The van der Waals surface area contributed by atoms with E-state index in [0.29, 0.717) is 0 Å². The van der Waals surface area contributed by atoms with Gasteiger partial charge in [-0.25, -0.2) is 0 Å². The summed E-state index contributed by atoms with van der Waals surface area (Å²) in [6.07, 6.45) is -0.257. The third-order valence-corrected chi connectivity index (χ3v) is 10.9. The molecule has 0 aliphatic carbocycles. The number of carbonyl (C=O) groups is 2. The molecule has 0 radical (unpaired) electrons. The Hall–Kier alpha value is -0.993. The molecule has 1 saturated heterocycles. The Balaban J connectivity index is 3.02. The van der Waals surface area contributed by atoms with Crippen LogP contribution >= 0.6 is 12.2 Å². The van der Waals surface area contributed by atoms with Crippen LogP contribution in [0.5, 0.6) is 0 Å². The van der Waals surface area contributed by atoms with E-state index in [4.69, 9.17) is 21.4 Å². The fourth-order valence-corrected chi connectivity index (χ4v) is 5.01. The topological polar surface area (TPSA) is 67.9 Å². The van der Waals surface area contributed by atoms with Crippen molar-refractivity contribution in [1.29, 1.82) is 0 Å². The highest BCUT2D eigenvalue weighted by molar-refractivity contribution is 7.80. The monoisotopic (exact) mass is 430 g/mol. The van der Waals surface area contributed by atoms with Crippen molar-refractivity contribution in [2.24, 2.45) is 11.8 Å². The Morgan fingerprint density at radius 1 is 1.18 bits per heavy atom. The Kier molecular flexibility index (Phi) is 7.51. The van der Waals surface area contributed by atoms with Crippen LogP contribution in [0.3, 0.4) is 0 Å². The van der Waals surface area contributed by atoms with Crippen LogP contribution in [0, 0.1) is 11.8 Å².